The first-order valence-electron chi connectivity index (χ1n) is 8.60. The molecule has 0 aliphatic heterocycles. The van der Waals surface area contributed by atoms with Gasteiger partial charge in [0.15, 0.2) is 11.0 Å². The molecule has 0 spiro atoms. The fourth-order valence-corrected chi connectivity index (χ4v) is 3.48. The van der Waals surface area contributed by atoms with E-state index >= 15 is 0 Å². The van der Waals surface area contributed by atoms with E-state index in [1.54, 1.807) is 43.5 Å². The van der Waals surface area contributed by atoms with E-state index in [0.29, 0.717) is 28.8 Å². The molecule has 1 atom stereocenters. The summed E-state index contributed by atoms with van der Waals surface area (Å²) in [6.45, 7) is 7.93. The summed E-state index contributed by atoms with van der Waals surface area (Å²) < 4.78 is 7.26. The fourth-order valence-electron chi connectivity index (χ4n) is 2.62. The molecule has 1 amide bonds. The minimum Gasteiger partial charge on any atom is -0.469 e. The Labute approximate surface area is 167 Å². The lowest BCUT2D eigenvalue weighted by atomic mass is 10.2. The zero-order valence-corrected chi connectivity index (χ0v) is 16.4. The van der Waals surface area contributed by atoms with Gasteiger partial charge in [-0.25, -0.2) is 0 Å². The van der Waals surface area contributed by atoms with Crippen LogP contribution in [0, 0.1) is 18.3 Å². The standard InChI is InChI=1S/C20H19N5O2S/c1-4-10-25-18(16-9-11-27-13(16)2)23-24-20(25)28-14(3)19(26)22-17-8-6-5-7-15(17)12-21/h4-9,11,14H,1,10H2,2-3H3,(H,22,26). The number of aromatic nitrogens is 3. The third kappa shape index (κ3) is 4.00. The highest BCUT2D eigenvalue weighted by atomic mass is 32.2. The number of carbonyl (C=O) groups excluding carboxylic acids is 1. The number of nitriles is 1. The number of benzene rings is 1. The molecule has 0 radical (unpaired) electrons. The molecular formula is C20H19N5O2S. The third-order valence-corrected chi connectivity index (χ3v) is 5.17. The zero-order chi connectivity index (χ0) is 20.1. The molecule has 0 aliphatic carbocycles. The lowest BCUT2D eigenvalue weighted by Gasteiger charge is -2.13. The molecule has 2 heterocycles. The van der Waals surface area contributed by atoms with Crippen LogP contribution in [0.4, 0.5) is 5.69 Å². The molecule has 142 valence electrons. The van der Waals surface area contributed by atoms with Crippen molar-refractivity contribution in [2.75, 3.05) is 5.32 Å². The average Bonchev–Trinajstić information content (AvgIpc) is 3.28. The van der Waals surface area contributed by atoms with Gasteiger partial charge in [0.2, 0.25) is 5.91 Å². The SMILES string of the molecule is C=CCn1c(SC(C)C(=O)Nc2ccccc2C#N)nnc1-c1ccoc1C. The molecule has 0 bridgehead atoms. The molecule has 0 fully saturated rings. The first-order valence-corrected chi connectivity index (χ1v) is 9.48. The van der Waals surface area contributed by atoms with Crippen molar-refractivity contribution in [2.24, 2.45) is 0 Å². The molecule has 0 aliphatic rings. The van der Waals surface area contributed by atoms with Crippen molar-refractivity contribution in [3.8, 4) is 17.5 Å². The van der Waals surface area contributed by atoms with Gasteiger partial charge in [0, 0.05) is 6.54 Å². The Balaban J connectivity index is 1.80. The van der Waals surface area contributed by atoms with Crippen LogP contribution < -0.4 is 5.32 Å². The number of hydrogen-bond donors (Lipinski definition) is 1. The van der Waals surface area contributed by atoms with E-state index in [4.69, 9.17) is 4.42 Å². The summed E-state index contributed by atoms with van der Waals surface area (Å²) in [5, 5.41) is 20.7. The van der Waals surface area contributed by atoms with Crippen LogP contribution in [0.25, 0.3) is 11.4 Å². The summed E-state index contributed by atoms with van der Waals surface area (Å²) in [5.74, 6) is 1.19. The molecule has 7 nitrogen and oxygen atoms in total. The van der Waals surface area contributed by atoms with E-state index in [0.717, 1.165) is 11.3 Å². The second-order valence-electron chi connectivity index (χ2n) is 6.00. The Morgan fingerprint density at radius 3 is 2.89 bits per heavy atom. The van der Waals surface area contributed by atoms with E-state index < -0.39 is 5.25 Å². The maximum absolute atomic E-state index is 12.6. The lowest BCUT2D eigenvalue weighted by molar-refractivity contribution is -0.115. The number of rotatable bonds is 7. The number of hydrogen-bond acceptors (Lipinski definition) is 6. The molecule has 2 aromatic heterocycles. The Kier molecular flexibility index (Phi) is 5.96. The normalized spacial score (nSPS) is 11.6. The van der Waals surface area contributed by atoms with Gasteiger partial charge in [0.1, 0.15) is 11.8 Å². The highest BCUT2D eigenvalue weighted by molar-refractivity contribution is 8.00. The largest absolute Gasteiger partial charge is 0.469 e. The Hall–Kier alpha value is -3.31. The van der Waals surface area contributed by atoms with Crippen LogP contribution >= 0.6 is 11.8 Å². The van der Waals surface area contributed by atoms with Gasteiger partial charge in [-0.05, 0) is 32.0 Å². The summed E-state index contributed by atoms with van der Waals surface area (Å²) >= 11 is 1.29. The van der Waals surface area contributed by atoms with Crippen molar-refractivity contribution < 1.29 is 9.21 Å². The van der Waals surface area contributed by atoms with E-state index in [1.165, 1.54) is 11.8 Å². The molecule has 28 heavy (non-hydrogen) atoms. The molecular weight excluding hydrogens is 374 g/mol. The highest BCUT2D eigenvalue weighted by Crippen LogP contribution is 2.29. The number of para-hydroxylation sites is 1. The molecule has 1 N–H and O–H groups in total. The van der Waals surface area contributed by atoms with Crippen LogP contribution in [0.2, 0.25) is 0 Å². The molecule has 3 rings (SSSR count). The maximum atomic E-state index is 12.6. The summed E-state index contributed by atoms with van der Waals surface area (Å²) in [7, 11) is 0. The predicted octanol–water partition coefficient (Wildman–Crippen LogP) is 4.02. The smallest absolute Gasteiger partial charge is 0.237 e. The minimum absolute atomic E-state index is 0.220. The van der Waals surface area contributed by atoms with Crippen LogP contribution in [-0.2, 0) is 11.3 Å². The van der Waals surface area contributed by atoms with Crippen molar-refractivity contribution in [1.29, 1.82) is 5.26 Å². The zero-order valence-electron chi connectivity index (χ0n) is 15.5. The van der Waals surface area contributed by atoms with Crippen molar-refractivity contribution >= 4 is 23.4 Å². The Morgan fingerprint density at radius 2 is 2.21 bits per heavy atom. The second kappa shape index (κ2) is 8.59. The van der Waals surface area contributed by atoms with Gasteiger partial charge in [-0.3, -0.25) is 9.36 Å². The van der Waals surface area contributed by atoms with Crippen LogP contribution in [0.3, 0.4) is 0 Å². The van der Waals surface area contributed by atoms with Gasteiger partial charge >= 0.3 is 0 Å². The van der Waals surface area contributed by atoms with Gasteiger partial charge in [0.05, 0.1) is 28.3 Å². The molecule has 3 aromatic rings. The van der Waals surface area contributed by atoms with Gasteiger partial charge in [-0.15, -0.1) is 16.8 Å². The number of nitrogens with one attached hydrogen (secondary N) is 1. The summed E-state index contributed by atoms with van der Waals surface area (Å²) in [4.78, 5) is 12.6. The predicted molar refractivity (Wildman–Crippen MR) is 108 cm³/mol. The number of amides is 1. The van der Waals surface area contributed by atoms with Gasteiger partial charge < -0.3 is 9.73 Å². The van der Waals surface area contributed by atoms with E-state index in [-0.39, 0.29) is 5.91 Å². The molecule has 1 aromatic carbocycles. The monoisotopic (exact) mass is 393 g/mol. The lowest BCUT2D eigenvalue weighted by Crippen LogP contribution is -2.23. The molecule has 0 saturated heterocycles. The van der Waals surface area contributed by atoms with Crippen LogP contribution in [0.5, 0.6) is 0 Å². The second-order valence-corrected chi connectivity index (χ2v) is 7.31. The first kappa shape index (κ1) is 19.5. The Morgan fingerprint density at radius 1 is 1.43 bits per heavy atom. The van der Waals surface area contributed by atoms with Gasteiger partial charge in [-0.2, -0.15) is 5.26 Å². The number of carbonyl (C=O) groups is 1. The highest BCUT2D eigenvalue weighted by Gasteiger charge is 2.22. The van der Waals surface area contributed by atoms with Crippen molar-refractivity contribution in [3.05, 3.63) is 60.6 Å². The quantitative estimate of drug-likeness (QED) is 0.481. The van der Waals surface area contributed by atoms with Gasteiger partial charge in [0.25, 0.3) is 0 Å². The fraction of sp³-hybridized carbons (Fsp3) is 0.200. The third-order valence-electron chi connectivity index (χ3n) is 4.09. The number of allylic oxidation sites excluding steroid dienone is 1. The van der Waals surface area contributed by atoms with Gasteiger partial charge in [-0.1, -0.05) is 30.0 Å². The van der Waals surface area contributed by atoms with Crippen molar-refractivity contribution in [3.63, 3.8) is 0 Å². The Bertz CT molecular complexity index is 1050. The number of anilines is 1. The number of thioether (sulfide) groups is 1. The van der Waals surface area contributed by atoms with Crippen LogP contribution in [0.15, 0.2) is 58.8 Å². The number of furan rings is 1. The molecule has 1 unspecified atom stereocenters. The first-order chi connectivity index (χ1) is 13.5. The van der Waals surface area contributed by atoms with E-state index in [9.17, 15) is 10.1 Å². The average molecular weight is 393 g/mol. The topological polar surface area (TPSA) is 96.7 Å². The van der Waals surface area contributed by atoms with Crippen molar-refractivity contribution in [1.82, 2.24) is 14.8 Å². The summed E-state index contributed by atoms with van der Waals surface area (Å²) in [6, 6.07) is 10.8. The van der Waals surface area contributed by atoms with E-state index in [1.807, 2.05) is 17.6 Å². The molecule has 0 saturated carbocycles. The van der Waals surface area contributed by atoms with Crippen LogP contribution in [0.1, 0.15) is 18.2 Å². The summed E-state index contributed by atoms with van der Waals surface area (Å²) in [5.41, 5.74) is 1.76. The van der Waals surface area contributed by atoms with Crippen molar-refractivity contribution in [2.45, 2.75) is 30.8 Å². The molecule has 8 heteroatoms. The number of aryl methyl sites for hydroxylation is 1. The summed E-state index contributed by atoms with van der Waals surface area (Å²) in [6.07, 6.45) is 3.35. The maximum Gasteiger partial charge on any atom is 0.237 e. The number of nitrogens with zero attached hydrogens (tertiary/aromatic N) is 4. The minimum atomic E-state index is -0.446. The van der Waals surface area contributed by atoms with Crippen LogP contribution in [-0.4, -0.2) is 25.9 Å². The van der Waals surface area contributed by atoms with E-state index in [2.05, 4.69) is 28.2 Å².